The van der Waals surface area contributed by atoms with Crippen LogP contribution in [0.1, 0.15) is 90.0 Å². The maximum atomic E-state index is 13.0. The standard InChI is InChI=1S/C42H48N6O6/c1-8-28(54-38(50)20-18-27-22-30(42(5,6)7)40(52)36(24-27)48-45-33-15-11-12-16-34(33)46-48)25-53-37(49)19-17-26-21-29(41(2,3)4)39(51)35(23-26)47-43-31-13-9-10-14-32(31)44-47/h9-16,21-24,28,51-52H,8,17-20,25H2,1-7H3. The predicted molar refractivity (Wildman–Crippen MR) is 206 cm³/mol. The number of aryl methyl sites for hydroxylation is 2. The minimum Gasteiger partial charge on any atom is -0.505 e. The molecule has 2 heterocycles. The number of carbonyl (C=O) groups excluding carboxylic acids is 2. The van der Waals surface area contributed by atoms with Gasteiger partial charge in [0.2, 0.25) is 0 Å². The van der Waals surface area contributed by atoms with E-state index >= 15 is 0 Å². The second-order valence-corrected chi connectivity index (χ2v) is 15.7. The van der Waals surface area contributed by atoms with Gasteiger partial charge in [-0.3, -0.25) is 9.59 Å². The monoisotopic (exact) mass is 732 g/mol. The lowest BCUT2D eigenvalue weighted by Gasteiger charge is -2.23. The third-order valence-electron chi connectivity index (χ3n) is 9.34. The summed E-state index contributed by atoms with van der Waals surface area (Å²) < 4.78 is 11.3. The van der Waals surface area contributed by atoms with Crippen LogP contribution in [0.5, 0.6) is 11.5 Å². The minimum absolute atomic E-state index is 0.0605. The van der Waals surface area contributed by atoms with Gasteiger partial charge in [0.25, 0.3) is 0 Å². The highest BCUT2D eigenvalue weighted by Gasteiger charge is 2.26. The zero-order valence-corrected chi connectivity index (χ0v) is 32.0. The van der Waals surface area contributed by atoms with Gasteiger partial charge >= 0.3 is 11.9 Å². The Morgan fingerprint density at radius 1 is 0.648 bits per heavy atom. The fourth-order valence-corrected chi connectivity index (χ4v) is 6.26. The largest absolute Gasteiger partial charge is 0.505 e. The van der Waals surface area contributed by atoms with Crippen molar-refractivity contribution in [2.45, 2.75) is 97.5 Å². The Morgan fingerprint density at radius 2 is 1.04 bits per heavy atom. The van der Waals surface area contributed by atoms with Crippen LogP contribution >= 0.6 is 0 Å². The van der Waals surface area contributed by atoms with E-state index in [1.807, 2.05) is 109 Å². The Labute approximate surface area is 314 Å². The molecule has 0 radical (unpaired) electrons. The van der Waals surface area contributed by atoms with Crippen LogP contribution in [0, 0.1) is 0 Å². The normalized spacial score (nSPS) is 12.6. The van der Waals surface area contributed by atoms with Crippen molar-refractivity contribution in [3.05, 3.63) is 95.1 Å². The molecular weight excluding hydrogens is 684 g/mol. The van der Waals surface area contributed by atoms with E-state index in [9.17, 15) is 19.8 Å². The maximum Gasteiger partial charge on any atom is 0.306 e. The van der Waals surface area contributed by atoms with E-state index < -0.39 is 18.0 Å². The van der Waals surface area contributed by atoms with Crippen molar-refractivity contribution in [1.29, 1.82) is 0 Å². The number of hydrogen-bond acceptors (Lipinski definition) is 10. The highest BCUT2D eigenvalue weighted by Crippen LogP contribution is 2.38. The van der Waals surface area contributed by atoms with Gasteiger partial charge in [0.1, 0.15) is 57.7 Å². The molecule has 0 aliphatic heterocycles. The molecule has 6 rings (SSSR count). The Bertz CT molecular complexity index is 2250. The molecule has 6 aromatic rings. The molecule has 0 aliphatic rings. The predicted octanol–water partition coefficient (Wildman–Crippen LogP) is 7.59. The summed E-state index contributed by atoms with van der Waals surface area (Å²) in [6.45, 7) is 13.9. The number of phenols is 2. The van der Waals surface area contributed by atoms with Gasteiger partial charge in [0.15, 0.2) is 0 Å². The number of aromatic nitrogens is 6. The Hall–Kier alpha value is -5.78. The first-order valence-electron chi connectivity index (χ1n) is 18.3. The molecule has 1 atom stereocenters. The van der Waals surface area contributed by atoms with Crippen molar-refractivity contribution in [3.8, 4) is 22.9 Å². The molecule has 0 aliphatic carbocycles. The van der Waals surface area contributed by atoms with Crippen LogP contribution in [0.15, 0.2) is 72.8 Å². The van der Waals surface area contributed by atoms with Gasteiger partial charge in [-0.15, -0.1) is 30.0 Å². The van der Waals surface area contributed by atoms with Gasteiger partial charge in [0, 0.05) is 24.0 Å². The summed E-state index contributed by atoms with van der Waals surface area (Å²) in [4.78, 5) is 28.8. The smallest absolute Gasteiger partial charge is 0.306 e. The van der Waals surface area contributed by atoms with Gasteiger partial charge in [-0.05, 0) is 77.6 Å². The molecule has 2 N–H and O–H groups in total. The van der Waals surface area contributed by atoms with Gasteiger partial charge in [0.05, 0.1) is 0 Å². The van der Waals surface area contributed by atoms with Crippen LogP contribution in [0.3, 0.4) is 0 Å². The van der Waals surface area contributed by atoms with E-state index in [-0.39, 0.29) is 41.8 Å². The molecule has 0 saturated carbocycles. The number of benzene rings is 4. The van der Waals surface area contributed by atoms with Crippen molar-refractivity contribution in [1.82, 2.24) is 30.0 Å². The highest BCUT2D eigenvalue weighted by atomic mass is 16.6. The van der Waals surface area contributed by atoms with Gasteiger partial charge in [-0.2, -0.15) is 0 Å². The third-order valence-corrected chi connectivity index (χ3v) is 9.34. The summed E-state index contributed by atoms with van der Waals surface area (Å²) in [5.74, 6) is -0.665. The average molecular weight is 733 g/mol. The third kappa shape index (κ3) is 8.54. The van der Waals surface area contributed by atoms with Crippen molar-refractivity contribution in [3.63, 3.8) is 0 Å². The molecule has 0 saturated heterocycles. The van der Waals surface area contributed by atoms with E-state index in [2.05, 4.69) is 20.4 Å². The number of phenolic OH excluding ortho intramolecular Hbond substituents is 2. The molecule has 12 heteroatoms. The molecule has 2 aromatic heterocycles. The molecule has 0 fully saturated rings. The SMILES string of the molecule is CCC(COC(=O)CCc1cc(-n2nc3ccccc3n2)c(O)c(C(C)(C)C)c1)OC(=O)CCc1cc(-n2nc3ccccc3n2)c(O)c(C(C)(C)C)c1. The molecule has 0 bridgehead atoms. The van der Waals surface area contributed by atoms with Gasteiger partial charge in [-0.1, -0.05) is 84.9 Å². The number of aromatic hydroxyl groups is 2. The molecule has 54 heavy (non-hydrogen) atoms. The van der Waals surface area contributed by atoms with Crippen LogP contribution in [-0.4, -0.2) is 64.9 Å². The number of fused-ring (bicyclic) bond motifs is 2. The van der Waals surface area contributed by atoms with Crippen LogP contribution in [0.25, 0.3) is 33.4 Å². The van der Waals surface area contributed by atoms with E-state index in [4.69, 9.17) is 9.47 Å². The fourth-order valence-electron chi connectivity index (χ4n) is 6.26. The lowest BCUT2D eigenvalue weighted by atomic mass is 9.84. The summed E-state index contributed by atoms with van der Waals surface area (Å²) in [7, 11) is 0. The lowest BCUT2D eigenvalue weighted by Crippen LogP contribution is -2.25. The molecule has 1 unspecified atom stereocenters. The van der Waals surface area contributed by atoms with Crippen molar-refractivity contribution >= 4 is 34.0 Å². The fraction of sp³-hybridized carbons (Fsp3) is 0.381. The number of esters is 2. The minimum atomic E-state index is -0.601. The second kappa shape index (κ2) is 15.3. The number of ether oxygens (including phenoxy) is 2. The number of rotatable bonds is 12. The number of carbonyl (C=O) groups is 2. The number of nitrogens with zero attached hydrogens (tertiary/aromatic N) is 6. The van der Waals surface area contributed by atoms with Crippen molar-refractivity contribution < 1.29 is 29.3 Å². The van der Waals surface area contributed by atoms with E-state index in [1.165, 1.54) is 9.59 Å². The van der Waals surface area contributed by atoms with Gasteiger partial charge in [-0.25, -0.2) is 0 Å². The van der Waals surface area contributed by atoms with E-state index in [0.29, 0.717) is 63.8 Å². The Kier molecular flexibility index (Phi) is 10.7. The summed E-state index contributed by atoms with van der Waals surface area (Å²) in [6, 6.07) is 22.4. The maximum absolute atomic E-state index is 13.0. The molecule has 12 nitrogen and oxygen atoms in total. The molecular formula is C42H48N6O6. The highest BCUT2D eigenvalue weighted by molar-refractivity contribution is 5.75. The van der Waals surface area contributed by atoms with Crippen molar-refractivity contribution in [2.24, 2.45) is 0 Å². The average Bonchev–Trinajstić information content (AvgIpc) is 3.76. The van der Waals surface area contributed by atoms with Crippen molar-refractivity contribution in [2.75, 3.05) is 6.61 Å². The zero-order chi connectivity index (χ0) is 38.8. The number of hydrogen-bond donors (Lipinski definition) is 2. The summed E-state index contributed by atoms with van der Waals surface area (Å²) in [5.41, 5.74) is 6.00. The lowest BCUT2D eigenvalue weighted by molar-refractivity contribution is -0.159. The molecule has 282 valence electrons. The quantitative estimate of drug-likeness (QED) is 0.120. The van der Waals surface area contributed by atoms with Gasteiger partial charge < -0.3 is 19.7 Å². The Morgan fingerprint density at radius 3 is 1.41 bits per heavy atom. The summed E-state index contributed by atoms with van der Waals surface area (Å²) >= 11 is 0. The molecule has 4 aromatic carbocycles. The first-order chi connectivity index (χ1) is 25.6. The molecule has 0 amide bonds. The van der Waals surface area contributed by atoms with Crippen LogP contribution in [0.2, 0.25) is 0 Å². The van der Waals surface area contributed by atoms with E-state index in [0.717, 1.165) is 11.1 Å². The second-order valence-electron chi connectivity index (χ2n) is 15.7. The van der Waals surface area contributed by atoms with E-state index in [1.54, 1.807) is 12.1 Å². The molecule has 0 spiro atoms. The van der Waals surface area contributed by atoms with Crippen LogP contribution in [-0.2, 0) is 42.7 Å². The summed E-state index contributed by atoms with van der Waals surface area (Å²) in [5, 5.41) is 40.7. The Balaban J connectivity index is 1.07. The zero-order valence-electron chi connectivity index (χ0n) is 32.0. The topological polar surface area (TPSA) is 154 Å². The van der Waals surface area contributed by atoms with Crippen LogP contribution in [0.4, 0.5) is 0 Å². The first-order valence-corrected chi connectivity index (χ1v) is 18.3. The first kappa shape index (κ1) is 38.0. The van der Waals surface area contributed by atoms with Crippen LogP contribution < -0.4 is 0 Å². The summed E-state index contributed by atoms with van der Waals surface area (Å²) in [6.07, 6.45) is 0.773.